The summed E-state index contributed by atoms with van der Waals surface area (Å²) in [5.74, 6) is -0.277. The number of hydrogen-bond acceptors (Lipinski definition) is 5. The summed E-state index contributed by atoms with van der Waals surface area (Å²) in [7, 11) is 0. The average molecular weight is 466 g/mol. The minimum Gasteiger partial charge on any atom is -0.347 e. The number of imidazole rings is 1. The smallest absolute Gasteiger partial charge is 0.269 e. The lowest BCUT2D eigenvalue weighted by Crippen LogP contribution is -2.47. The molecule has 0 spiro atoms. The molecule has 1 aliphatic carbocycles. The minimum atomic E-state index is -0.466. The summed E-state index contributed by atoms with van der Waals surface area (Å²) in [6, 6.07) is 15.0. The number of aromatic nitrogens is 2. The number of amides is 3. The van der Waals surface area contributed by atoms with Gasteiger partial charge in [-0.1, -0.05) is 55.3 Å². The SMILES string of the molecule is O=C(CNC(=O)C1CCCCC1)NNC(=O)c1ccc(CSc2nc3ccccc3[nH]2)cc1. The number of fused-ring (bicyclic) bond motifs is 1. The summed E-state index contributed by atoms with van der Waals surface area (Å²) in [5, 5.41) is 3.49. The van der Waals surface area contributed by atoms with Gasteiger partial charge < -0.3 is 10.3 Å². The third kappa shape index (κ3) is 6.35. The van der Waals surface area contributed by atoms with Gasteiger partial charge in [-0.25, -0.2) is 4.98 Å². The Bertz CT molecular complexity index is 1090. The van der Waals surface area contributed by atoms with Gasteiger partial charge in [0.2, 0.25) is 5.91 Å². The number of para-hydroxylation sites is 2. The maximum atomic E-state index is 12.3. The number of nitrogens with one attached hydrogen (secondary N) is 4. The first-order valence-corrected chi connectivity index (χ1v) is 12.1. The summed E-state index contributed by atoms with van der Waals surface area (Å²) in [4.78, 5) is 44.2. The Kier molecular flexibility index (Phi) is 7.62. The molecule has 33 heavy (non-hydrogen) atoms. The Morgan fingerprint density at radius 2 is 1.73 bits per heavy atom. The van der Waals surface area contributed by atoms with E-state index in [-0.39, 0.29) is 18.4 Å². The zero-order valence-corrected chi connectivity index (χ0v) is 19.0. The second kappa shape index (κ2) is 11.0. The first kappa shape index (κ1) is 22.8. The van der Waals surface area contributed by atoms with Crippen molar-refractivity contribution in [2.24, 2.45) is 5.92 Å². The van der Waals surface area contributed by atoms with Crippen LogP contribution in [0.1, 0.15) is 48.0 Å². The van der Waals surface area contributed by atoms with Crippen molar-refractivity contribution in [1.82, 2.24) is 26.1 Å². The number of hydrazine groups is 1. The molecule has 1 fully saturated rings. The van der Waals surface area contributed by atoms with Crippen LogP contribution in [0, 0.1) is 5.92 Å². The molecule has 0 unspecified atom stereocenters. The fourth-order valence-electron chi connectivity index (χ4n) is 3.82. The van der Waals surface area contributed by atoms with Crippen molar-refractivity contribution in [1.29, 1.82) is 0 Å². The van der Waals surface area contributed by atoms with Crippen molar-refractivity contribution in [2.75, 3.05) is 6.54 Å². The van der Waals surface area contributed by atoms with Crippen LogP contribution in [0.3, 0.4) is 0 Å². The summed E-state index contributed by atoms with van der Waals surface area (Å²) < 4.78 is 0. The van der Waals surface area contributed by atoms with E-state index in [4.69, 9.17) is 0 Å². The van der Waals surface area contributed by atoms with Crippen molar-refractivity contribution in [3.05, 3.63) is 59.7 Å². The van der Waals surface area contributed by atoms with Crippen LogP contribution in [0.4, 0.5) is 0 Å². The number of nitrogens with zero attached hydrogens (tertiary/aromatic N) is 1. The molecule has 0 saturated heterocycles. The quantitative estimate of drug-likeness (QED) is 0.316. The highest BCUT2D eigenvalue weighted by Gasteiger charge is 2.21. The van der Waals surface area contributed by atoms with E-state index in [1.807, 2.05) is 36.4 Å². The van der Waals surface area contributed by atoms with Crippen LogP contribution in [-0.2, 0) is 15.3 Å². The van der Waals surface area contributed by atoms with Crippen molar-refractivity contribution in [3.63, 3.8) is 0 Å². The van der Waals surface area contributed by atoms with E-state index in [0.717, 1.165) is 53.9 Å². The normalized spacial score (nSPS) is 14.1. The first-order valence-electron chi connectivity index (χ1n) is 11.1. The van der Waals surface area contributed by atoms with Gasteiger partial charge in [0.05, 0.1) is 17.6 Å². The molecule has 1 aliphatic rings. The molecule has 0 radical (unpaired) electrons. The number of hydrogen-bond donors (Lipinski definition) is 4. The summed E-state index contributed by atoms with van der Waals surface area (Å²) >= 11 is 1.59. The van der Waals surface area contributed by atoms with Crippen molar-refractivity contribution in [2.45, 2.75) is 43.0 Å². The summed E-state index contributed by atoms with van der Waals surface area (Å²) in [6.07, 6.45) is 5.01. The third-order valence-electron chi connectivity index (χ3n) is 5.67. The van der Waals surface area contributed by atoms with Gasteiger partial charge in [-0.05, 0) is 42.7 Å². The second-order valence-corrected chi connectivity index (χ2v) is 9.06. The number of aromatic amines is 1. The lowest BCUT2D eigenvalue weighted by molar-refractivity contribution is -0.129. The predicted molar refractivity (Wildman–Crippen MR) is 127 cm³/mol. The number of benzene rings is 2. The van der Waals surface area contributed by atoms with E-state index in [9.17, 15) is 14.4 Å². The Hall–Kier alpha value is -3.33. The number of carbonyl (C=O) groups is 3. The third-order valence-corrected chi connectivity index (χ3v) is 6.62. The Morgan fingerprint density at radius 3 is 2.48 bits per heavy atom. The Morgan fingerprint density at radius 1 is 0.970 bits per heavy atom. The minimum absolute atomic E-state index is 0.00957. The molecule has 8 nitrogen and oxygen atoms in total. The highest BCUT2D eigenvalue weighted by atomic mass is 32.2. The van der Waals surface area contributed by atoms with E-state index in [1.165, 1.54) is 0 Å². The van der Waals surface area contributed by atoms with E-state index in [2.05, 4.69) is 26.1 Å². The topological polar surface area (TPSA) is 116 Å². The Balaban J connectivity index is 1.19. The van der Waals surface area contributed by atoms with Crippen LogP contribution in [0.2, 0.25) is 0 Å². The van der Waals surface area contributed by atoms with E-state index >= 15 is 0 Å². The average Bonchev–Trinajstić information content (AvgIpc) is 3.28. The van der Waals surface area contributed by atoms with Gasteiger partial charge in [0.1, 0.15) is 0 Å². The maximum Gasteiger partial charge on any atom is 0.269 e. The molecule has 4 rings (SSSR count). The molecule has 1 saturated carbocycles. The summed E-state index contributed by atoms with van der Waals surface area (Å²) in [5.41, 5.74) is 8.14. The van der Waals surface area contributed by atoms with Crippen LogP contribution < -0.4 is 16.2 Å². The fourth-order valence-corrected chi connectivity index (χ4v) is 4.66. The molecule has 2 aromatic carbocycles. The molecule has 0 aliphatic heterocycles. The molecule has 0 atom stereocenters. The molecule has 0 bridgehead atoms. The zero-order valence-electron chi connectivity index (χ0n) is 18.2. The number of carbonyl (C=O) groups excluding carboxylic acids is 3. The van der Waals surface area contributed by atoms with Crippen molar-refractivity contribution < 1.29 is 14.4 Å². The largest absolute Gasteiger partial charge is 0.347 e. The van der Waals surface area contributed by atoms with E-state index in [0.29, 0.717) is 11.3 Å². The van der Waals surface area contributed by atoms with Gasteiger partial charge in [0.15, 0.2) is 5.16 Å². The Labute approximate surface area is 196 Å². The van der Waals surface area contributed by atoms with Gasteiger partial charge in [0.25, 0.3) is 11.8 Å². The van der Waals surface area contributed by atoms with Crippen LogP contribution in [0.15, 0.2) is 53.7 Å². The molecular formula is C24H27N5O3S. The van der Waals surface area contributed by atoms with Gasteiger partial charge in [-0.15, -0.1) is 0 Å². The first-order chi connectivity index (χ1) is 16.1. The van der Waals surface area contributed by atoms with Gasteiger partial charge >= 0.3 is 0 Å². The lowest BCUT2D eigenvalue weighted by atomic mass is 9.89. The monoisotopic (exact) mass is 465 g/mol. The van der Waals surface area contributed by atoms with Crippen LogP contribution >= 0.6 is 11.8 Å². The maximum absolute atomic E-state index is 12.3. The summed E-state index contributed by atoms with van der Waals surface area (Å²) in [6.45, 7) is -0.159. The van der Waals surface area contributed by atoms with Gasteiger partial charge in [-0.3, -0.25) is 25.2 Å². The number of H-pyrrole nitrogens is 1. The lowest BCUT2D eigenvalue weighted by Gasteiger charge is -2.20. The second-order valence-electron chi connectivity index (χ2n) is 8.10. The molecule has 1 aromatic heterocycles. The molecule has 9 heteroatoms. The van der Waals surface area contributed by atoms with E-state index < -0.39 is 11.8 Å². The van der Waals surface area contributed by atoms with Gasteiger partial charge in [0, 0.05) is 17.2 Å². The highest BCUT2D eigenvalue weighted by molar-refractivity contribution is 7.98. The fraction of sp³-hybridized carbons (Fsp3) is 0.333. The van der Waals surface area contributed by atoms with Crippen LogP contribution in [0.5, 0.6) is 0 Å². The standard InChI is InChI=1S/C24H27N5O3S/c30-21(14-25-22(31)17-6-2-1-3-7-17)28-29-23(32)18-12-10-16(11-13-18)15-33-24-26-19-8-4-5-9-20(19)27-24/h4-5,8-13,17H,1-3,6-7,14-15H2,(H,25,31)(H,26,27)(H,28,30)(H,29,32). The highest BCUT2D eigenvalue weighted by Crippen LogP contribution is 2.24. The molecule has 172 valence electrons. The van der Waals surface area contributed by atoms with Crippen molar-refractivity contribution >= 4 is 40.5 Å². The molecular weight excluding hydrogens is 438 g/mol. The van der Waals surface area contributed by atoms with Crippen LogP contribution in [-0.4, -0.2) is 34.2 Å². The van der Waals surface area contributed by atoms with Crippen molar-refractivity contribution in [3.8, 4) is 0 Å². The molecule has 4 N–H and O–H groups in total. The molecule has 3 amide bonds. The molecule has 3 aromatic rings. The van der Waals surface area contributed by atoms with Crippen LogP contribution in [0.25, 0.3) is 11.0 Å². The predicted octanol–water partition coefficient (Wildman–Crippen LogP) is 3.31. The molecule has 1 heterocycles. The zero-order chi connectivity index (χ0) is 23.0. The van der Waals surface area contributed by atoms with E-state index in [1.54, 1.807) is 23.9 Å². The number of thioether (sulfide) groups is 1. The van der Waals surface area contributed by atoms with Gasteiger partial charge in [-0.2, -0.15) is 0 Å². The number of rotatable bonds is 7.